The van der Waals surface area contributed by atoms with E-state index >= 15 is 0 Å². The first kappa shape index (κ1) is 16.1. The SMILES string of the molecule is CCCCOC(=O)[C@@H](C)CC(=O)ON1C(=O)CCC1=O. The van der Waals surface area contributed by atoms with Gasteiger partial charge < -0.3 is 9.57 Å². The average molecular weight is 285 g/mol. The molecule has 1 atom stereocenters. The molecule has 0 N–H and O–H groups in total. The van der Waals surface area contributed by atoms with Gasteiger partial charge in [0.1, 0.15) is 0 Å². The van der Waals surface area contributed by atoms with E-state index in [-0.39, 0.29) is 19.3 Å². The van der Waals surface area contributed by atoms with Crippen molar-refractivity contribution in [3.05, 3.63) is 0 Å². The van der Waals surface area contributed by atoms with Crippen molar-refractivity contribution in [2.75, 3.05) is 6.61 Å². The molecule has 2 amide bonds. The lowest BCUT2D eigenvalue weighted by molar-refractivity contribution is -0.198. The molecule has 0 spiro atoms. The molecule has 7 nitrogen and oxygen atoms in total. The first-order chi connectivity index (χ1) is 9.45. The topological polar surface area (TPSA) is 90.0 Å². The van der Waals surface area contributed by atoms with Crippen LogP contribution >= 0.6 is 0 Å². The summed E-state index contributed by atoms with van der Waals surface area (Å²) in [4.78, 5) is 50.3. The molecular weight excluding hydrogens is 266 g/mol. The number of unbranched alkanes of at least 4 members (excludes halogenated alkanes) is 1. The third-order valence-corrected chi connectivity index (χ3v) is 2.82. The van der Waals surface area contributed by atoms with Crippen molar-refractivity contribution in [3.8, 4) is 0 Å². The van der Waals surface area contributed by atoms with E-state index in [4.69, 9.17) is 4.74 Å². The zero-order chi connectivity index (χ0) is 15.1. The maximum Gasteiger partial charge on any atom is 0.334 e. The second-order valence-corrected chi connectivity index (χ2v) is 4.67. The highest BCUT2D eigenvalue weighted by atomic mass is 16.7. The number of esters is 1. The van der Waals surface area contributed by atoms with Crippen LogP contribution in [0.1, 0.15) is 46.0 Å². The summed E-state index contributed by atoms with van der Waals surface area (Å²) < 4.78 is 4.96. The number of amides is 2. The zero-order valence-corrected chi connectivity index (χ0v) is 11.7. The molecular formula is C13H19NO6. The van der Waals surface area contributed by atoms with Gasteiger partial charge in [-0.2, -0.15) is 0 Å². The molecule has 0 bridgehead atoms. The molecule has 1 heterocycles. The molecule has 0 saturated carbocycles. The van der Waals surface area contributed by atoms with Crippen LogP contribution in [0.4, 0.5) is 0 Å². The Morgan fingerprint density at radius 1 is 1.25 bits per heavy atom. The lowest BCUT2D eigenvalue weighted by Crippen LogP contribution is -2.33. The Hall–Kier alpha value is -1.92. The minimum Gasteiger partial charge on any atom is -0.465 e. The van der Waals surface area contributed by atoms with Crippen molar-refractivity contribution in [3.63, 3.8) is 0 Å². The van der Waals surface area contributed by atoms with Crippen LogP contribution in [0.25, 0.3) is 0 Å². The summed E-state index contributed by atoms with van der Waals surface area (Å²) in [6.45, 7) is 3.82. The molecule has 112 valence electrons. The van der Waals surface area contributed by atoms with Crippen molar-refractivity contribution in [1.82, 2.24) is 5.06 Å². The highest BCUT2D eigenvalue weighted by Crippen LogP contribution is 2.14. The van der Waals surface area contributed by atoms with E-state index in [1.807, 2.05) is 6.92 Å². The summed E-state index contributed by atoms with van der Waals surface area (Å²) in [5, 5.41) is 0.470. The molecule has 0 aromatic carbocycles. The molecule has 0 unspecified atom stereocenters. The number of carbonyl (C=O) groups excluding carboxylic acids is 4. The summed E-state index contributed by atoms with van der Waals surface area (Å²) in [6, 6.07) is 0. The van der Waals surface area contributed by atoms with Gasteiger partial charge in [0.05, 0.1) is 18.9 Å². The zero-order valence-electron chi connectivity index (χ0n) is 11.7. The van der Waals surface area contributed by atoms with Gasteiger partial charge in [-0.25, -0.2) is 4.79 Å². The number of rotatable bonds is 7. The number of nitrogens with zero attached hydrogens (tertiary/aromatic N) is 1. The number of hydrogen-bond acceptors (Lipinski definition) is 6. The van der Waals surface area contributed by atoms with Crippen LogP contribution in [0, 0.1) is 5.92 Å². The first-order valence-electron chi connectivity index (χ1n) is 6.69. The van der Waals surface area contributed by atoms with Gasteiger partial charge in [-0.3, -0.25) is 14.4 Å². The molecule has 20 heavy (non-hydrogen) atoms. The van der Waals surface area contributed by atoms with Gasteiger partial charge in [0.25, 0.3) is 11.8 Å². The van der Waals surface area contributed by atoms with Gasteiger partial charge >= 0.3 is 11.9 Å². The second-order valence-electron chi connectivity index (χ2n) is 4.67. The molecule has 1 aliphatic heterocycles. The smallest absolute Gasteiger partial charge is 0.334 e. The van der Waals surface area contributed by atoms with Crippen molar-refractivity contribution in [1.29, 1.82) is 0 Å². The van der Waals surface area contributed by atoms with Crippen LogP contribution in [0.15, 0.2) is 0 Å². The Labute approximate surface area is 117 Å². The van der Waals surface area contributed by atoms with Crippen molar-refractivity contribution >= 4 is 23.8 Å². The van der Waals surface area contributed by atoms with Crippen LogP contribution in [-0.4, -0.2) is 35.4 Å². The fraction of sp³-hybridized carbons (Fsp3) is 0.692. The largest absolute Gasteiger partial charge is 0.465 e. The Bertz CT molecular complexity index is 390. The molecule has 1 aliphatic rings. The van der Waals surface area contributed by atoms with E-state index in [2.05, 4.69) is 4.84 Å². The first-order valence-corrected chi connectivity index (χ1v) is 6.69. The molecule has 0 aromatic heterocycles. The van der Waals surface area contributed by atoms with Crippen LogP contribution in [0.3, 0.4) is 0 Å². The predicted octanol–water partition coefficient (Wildman–Crippen LogP) is 0.963. The lowest BCUT2D eigenvalue weighted by Gasteiger charge is -2.14. The Morgan fingerprint density at radius 3 is 2.40 bits per heavy atom. The van der Waals surface area contributed by atoms with E-state index in [9.17, 15) is 19.2 Å². The van der Waals surface area contributed by atoms with Crippen molar-refractivity contribution in [2.45, 2.75) is 46.0 Å². The van der Waals surface area contributed by atoms with Gasteiger partial charge in [-0.1, -0.05) is 20.3 Å². The predicted molar refractivity (Wildman–Crippen MR) is 66.8 cm³/mol. The molecule has 7 heteroatoms. The number of carbonyl (C=O) groups is 4. The van der Waals surface area contributed by atoms with E-state index in [0.29, 0.717) is 11.7 Å². The van der Waals surface area contributed by atoms with E-state index in [0.717, 1.165) is 12.8 Å². The molecule has 1 saturated heterocycles. The fourth-order valence-corrected chi connectivity index (χ4v) is 1.59. The van der Waals surface area contributed by atoms with E-state index in [1.54, 1.807) is 0 Å². The normalized spacial score (nSPS) is 16.2. The summed E-state index contributed by atoms with van der Waals surface area (Å²) >= 11 is 0. The van der Waals surface area contributed by atoms with Crippen LogP contribution in [0.2, 0.25) is 0 Å². The number of imide groups is 1. The molecule has 1 fully saturated rings. The second kappa shape index (κ2) is 7.62. The van der Waals surface area contributed by atoms with E-state index < -0.39 is 29.7 Å². The quantitative estimate of drug-likeness (QED) is 0.393. The van der Waals surface area contributed by atoms with Crippen molar-refractivity contribution < 1.29 is 28.8 Å². The summed E-state index contributed by atoms with van der Waals surface area (Å²) in [5.74, 6) is -3.04. The monoisotopic (exact) mass is 285 g/mol. The van der Waals surface area contributed by atoms with Crippen LogP contribution in [0.5, 0.6) is 0 Å². The summed E-state index contributed by atoms with van der Waals surface area (Å²) in [5.41, 5.74) is 0. The molecule has 1 rings (SSSR count). The van der Waals surface area contributed by atoms with Crippen molar-refractivity contribution in [2.24, 2.45) is 5.92 Å². The third kappa shape index (κ3) is 4.64. The molecule has 0 aromatic rings. The standard InChI is InChI=1S/C13H19NO6/c1-3-4-7-19-13(18)9(2)8-12(17)20-14-10(15)5-6-11(14)16/h9H,3-8H2,1-2H3/t9-/m0/s1. The Kier molecular flexibility index (Phi) is 6.14. The molecule has 0 radical (unpaired) electrons. The number of hydroxylamine groups is 2. The van der Waals surface area contributed by atoms with Crippen LogP contribution in [-0.2, 0) is 28.8 Å². The molecule has 0 aliphatic carbocycles. The average Bonchev–Trinajstić information content (AvgIpc) is 2.70. The van der Waals surface area contributed by atoms with Gasteiger partial charge in [0.15, 0.2) is 0 Å². The maximum atomic E-state index is 11.6. The summed E-state index contributed by atoms with van der Waals surface area (Å²) in [6.07, 6.45) is 1.52. The fourth-order valence-electron chi connectivity index (χ4n) is 1.59. The minimum atomic E-state index is -0.798. The Balaban J connectivity index is 2.36. The highest BCUT2D eigenvalue weighted by Gasteiger charge is 2.33. The third-order valence-electron chi connectivity index (χ3n) is 2.82. The van der Waals surface area contributed by atoms with Gasteiger partial charge in [-0.05, 0) is 6.42 Å². The number of hydrogen-bond donors (Lipinski definition) is 0. The van der Waals surface area contributed by atoms with Gasteiger partial charge in [0.2, 0.25) is 0 Å². The minimum absolute atomic E-state index is 0.0424. The van der Waals surface area contributed by atoms with Gasteiger partial charge in [-0.15, -0.1) is 5.06 Å². The van der Waals surface area contributed by atoms with E-state index in [1.165, 1.54) is 6.92 Å². The highest BCUT2D eigenvalue weighted by molar-refractivity contribution is 6.01. The van der Waals surface area contributed by atoms with Gasteiger partial charge in [0, 0.05) is 12.8 Å². The number of ether oxygens (including phenoxy) is 1. The van der Waals surface area contributed by atoms with Crippen LogP contribution < -0.4 is 0 Å². The summed E-state index contributed by atoms with van der Waals surface area (Å²) in [7, 11) is 0. The Morgan fingerprint density at radius 2 is 1.85 bits per heavy atom. The lowest BCUT2D eigenvalue weighted by atomic mass is 10.1. The maximum absolute atomic E-state index is 11.6.